The fourth-order valence-corrected chi connectivity index (χ4v) is 1.88. The van der Waals surface area contributed by atoms with Crippen molar-refractivity contribution in [2.45, 2.75) is 25.3 Å². The molecule has 1 unspecified atom stereocenters. The molecule has 1 fully saturated rings. The Hall–Kier alpha value is -2.02. The van der Waals surface area contributed by atoms with Gasteiger partial charge in [0.25, 0.3) is 0 Å². The summed E-state index contributed by atoms with van der Waals surface area (Å²) in [5.41, 5.74) is 6.58. The number of hydrogen-bond acceptors (Lipinski definition) is 7. The summed E-state index contributed by atoms with van der Waals surface area (Å²) in [7, 11) is 1.54. The van der Waals surface area contributed by atoms with Crippen molar-refractivity contribution in [2.24, 2.45) is 11.7 Å². The van der Waals surface area contributed by atoms with Gasteiger partial charge < -0.3 is 15.0 Å². The van der Waals surface area contributed by atoms with Gasteiger partial charge in [-0.25, -0.2) is 0 Å². The Morgan fingerprint density at radius 1 is 1.42 bits per heavy atom. The smallest absolute Gasteiger partial charge is 0.233 e. The van der Waals surface area contributed by atoms with Crippen molar-refractivity contribution in [3.8, 4) is 17.4 Å². The summed E-state index contributed by atoms with van der Waals surface area (Å²) in [5, 5.41) is 11.7. The number of aromatic nitrogens is 4. The van der Waals surface area contributed by atoms with Gasteiger partial charge in [0.1, 0.15) is 5.69 Å². The molecule has 1 saturated carbocycles. The molecular formula is C12H15N5O2. The number of nitrogens with zero attached hydrogens (tertiary/aromatic N) is 4. The van der Waals surface area contributed by atoms with Crippen LogP contribution in [0.15, 0.2) is 16.7 Å². The zero-order chi connectivity index (χ0) is 13.2. The van der Waals surface area contributed by atoms with Crippen LogP contribution in [0.1, 0.15) is 18.7 Å². The lowest BCUT2D eigenvalue weighted by Gasteiger charge is -2.04. The van der Waals surface area contributed by atoms with E-state index in [1.165, 1.54) is 20.0 Å². The molecule has 2 aromatic heterocycles. The molecule has 1 atom stereocenters. The third kappa shape index (κ3) is 2.70. The molecule has 100 valence electrons. The van der Waals surface area contributed by atoms with Crippen LogP contribution >= 0.6 is 0 Å². The highest BCUT2D eigenvalue weighted by atomic mass is 16.5. The normalized spacial score (nSPS) is 16.3. The third-order valence-corrected chi connectivity index (χ3v) is 3.18. The van der Waals surface area contributed by atoms with Crippen LogP contribution in [0.2, 0.25) is 0 Å². The van der Waals surface area contributed by atoms with E-state index >= 15 is 0 Å². The first-order valence-electron chi connectivity index (χ1n) is 6.22. The first kappa shape index (κ1) is 12.0. The second-order valence-electron chi connectivity index (χ2n) is 4.68. The van der Waals surface area contributed by atoms with Crippen LogP contribution in [0.5, 0.6) is 5.88 Å². The van der Waals surface area contributed by atoms with E-state index in [4.69, 9.17) is 15.0 Å². The SMILES string of the molecule is COc1ccc(-c2noc(CC(N)C3CC3)n2)nn1. The summed E-state index contributed by atoms with van der Waals surface area (Å²) in [6.07, 6.45) is 3.01. The summed E-state index contributed by atoms with van der Waals surface area (Å²) < 4.78 is 10.1. The topological polar surface area (TPSA) is 100.0 Å². The summed E-state index contributed by atoms with van der Waals surface area (Å²) >= 11 is 0. The number of nitrogens with two attached hydrogens (primary N) is 1. The van der Waals surface area contributed by atoms with Gasteiger partial charge in [-0.15, -0.1) is 10.2 Å². The molecule has 1 aliphatic rings. The maximum Gasteiger partial charge on any atom is 0.233 e. The van der Waals surface area contributed by atoms with Crippen LogP contribution in [0.4, 0.5) is 0 Å². The highest BCUT2D eigenvalue weighted by Crippen LogP contribution is 2.32. The highest BCUT2D eigenvalue weighted by Gasteiger charge is 2.29. The van der Waals surface area contributed by atoms with Crippen molar-refractivity contribution < 1.29 is 9.26 Å². The van der Waals surface area contributed by atoms with Crippen LogP contribution < -0.4 is 10.5 Å². The van der Waals surface area contributed by atoms with Crippen molar-refractivity contribution in [1.29, 1.82) is 0 Å². The second-order valence-corrected chi connectivity index (χ2v) is 4.68. The lowest BCUT2D eigenvalue weighted by atomic mass is 10.1. The summed E-state index contributed by atoms with van der Waals surface area (Å²) in [6, 6.07) is 3.55. The third-order valence-electron chi connectivity index (χ3n) is 3.18. The maximum atomic E-state index is 6.02. The molecule has 0 saturated heterocycles. The van der Waals surface area contributed by atoms with Gasteiger partial charge in [-0.1, -0.05) is 5.16 Å². The number of hydrogen-bond donors (Lipinski definition) is 1. The molecule has 19 heavy (non-hydrogen) atoms. The Kier molecular flexibility index (Phi) is 3.12. The minimum absolute atomic E-state index is 0.107. The summed E-state index contributed by atoms with van der Waals surface area (Å²) in [6.45, 7) is 0. The van der Waals surface area contributed by atoms with Crippen LogP contribution in [-0.4, -0.2) is 33.5 Å². The van der Waals surface area contributed by atoms with E-state index in [1.54, 1.807) is 12.1 Å². The van der Waals surface area contributed by atoms with Gasteiger partial charge in [-0.2, -0.15) is 4.98 Å². The second kappa shape index (κ2) is 4.93. The van der Waals surface area contributed by atoms with Gasteiger partial charge in [-0.3, -0.25) is 0 Å². The average molecular weight is 261 g/mol. The Balaban J connectivity index is 1.72. The molecule has 2 aromatic rings. The predicted molar refractivity (Wildman–Crippen MR) is 66.3 cm³/mol. The standard InChI is InChI=1S/C12H15N5O2/c1-18-10-5-4-9(15-16-10)12-14-11(19-17-12)6-8(13)7-2-3-7/h4-5,7-8H,2-3,6,13H2,1H3. The Bertz CT molecular complexity index is 550. The Morgan fingerprint density at radius 2 is 2.26 bits per heavy atom. The van der Waals surface area contributed by atoms with E-state index in [1.807, 2.05) is 0 Å². The lowest BCUT2D eigenvalue weighted by molar-refractivity contribution is 0.363. The van der Waals surface area contributed by atoms with E-state index in [0.717, 1.165) is 0 Å². The zero-order valence-electron chi connectivity index (χ0n) is 10.6. The van der Waals surface area contributed by atoms with E-state index in [9.17, 15) is 0 Å². The van der Waals surface area contributed by atoms with Gasteiger partial charge in [0.05, 0.1) is 7.11 Å². The molecular weight excluding hydrogens is 246 g/mol. The summed E-state index contributed by atoms with van der Waals surface area (Å²) in [4.78, 5) is 4.29. The molecule has 7 heteroatoms. The molecule has 0 amide bonds. The van der Waals surface area contributed by atoms with E-state index in [-0.39, 0.29) is 6.04 Å². The zero-order valence-corrected chi connectivity index (χ0v) is 10.6. The summed E-state index contributed by atoms with van der Waals surface area (Å²) in [5.74, 6) is 2.03. The van der Waals surface area contributed by atoms with Crippen LogP contribution in [0.25, 0.3) is 11.5 Å². The fraction of sp³-hybridized carbons (Fsp3) is 0.500. The molecule has 1 aliphatic carbocycles. The first-order valence-corrected chi connectivity index (χ1v) is 6.22. The lowest BCUT2D eigenvalue weighted by Crippen LogP contribution is -2.25. The molecule has 0 aromatic carbocycles. The van der Waals surface area contributed by atoms with Crippen LogP contribution in [0, 0.1) is 5.92 Å². The van der Waals surface area contributed by atoms with E-state index < -0.39 is 0 Å². The largest absolute Gasteiger partial charge is 0.480 e. The van der Waals surface area contributed by atoms with Crippen molar-refractivity contribution in [3.63, 3.8) is 0 Å². The van der Waals surface area contributed by atoms with Crippen molar-refractivity contribution >= 4 is 0 Å². The maximum absolute atomic E-state index is 6.02. The molecule has 0 aliphatic heterocycles. The average Bonchev–Trinajstić information content (AvgIpc) is 3.20. The van der Waals surface area contributed by atoms with Gasteiger partial charge in [0, 0.05) is 18.5 Å². The molecule has 0 bridgehead atoms. The van der Waals surface area contributed by atoms with Gasteiger partial charge in [-0.05, 0) is 24.8 Å². The van der Waals surface area contributed by atoms with Crippen molar-refractivity contribution in [3.05, 3.63) is 18.0 Å². The predicted octanol–water partition coefficient (Wildman–Crippen LogP) is 0.815. The minimum Gasteiger partial charge on any atom is -0.480 e. The molecule has 0 spiro atoms. The number of rotatable bonds is 5. The van der Waals surface area contributed by atoms with E-state index in [0.29, 0.717) is 35.6 Å². The van der Waals surface area contributed by atoms with Crippen LogP contribution in [-0.2, 0) is 6.42 Å². The fourth-order valence-electron chi connectivity index (χ4n) is 1.88. The first-order chi connectivity index (χ1) is 9.26. The van der Waals surface area contributed by atoms with Crippen LogP contribution in [0.3, 0.4) is 0 Å². The van der Waals surface area contributed by atoms with Gasteiger partial charge in [0.2, 0.25) is 17.6 Å². The highest BCUT2D eigenvalue weighted by molar-refractivity contribution is 5.47. The molecule has 2 heterocycles. The van der Waals surface area contributed by atoms with Gasteiger partial charge >= 0.3 is 0 Å². The van der Waals surface area contributed by atoms with Crippen molar-refractivity contribution in [2.75, 3.05) is 7.11 Å². The van der Waals surface area contributed by atoms with Crippen molar-refractivity contribution in [1.82, 2.24) is 20.3 Å². The molecule has 2 N–H and O–H groups in total. The van der Waals surface area contributed by atoms with Gasteiger partial charge in [0.15, 0.2) is 0 Å². The molecule has 7 nitrogen and oxygen atoms in total. The number of ether oxygens (including phenoxy) is 1. The minimum atomic E-state index is 0.107. The Morgan fingerprint density at radius 3 is 2.89 bits per heavy atom. The molecule has 3 rings (SSSR count). The molecule has 0 radical (unpaired) electrons. The Labute approximate surface area is 110 Å². The monoisotopic (exact) mass is 261 g/mol. The van der Waals surface area contributed by atoms with E-state index in [2.05, 4.69) is 20.3 Å². The number of methoxy groups -OCH3 is 1. The quantitative estimate of drug-likeness (QED) is 0.850.